The molecule has 4 aromatic carbocycles. The molecule has 0 saturated heterocycles. The van der Waals surface area contributed by atoms with Crippen LogP contribution in [0.5, 0.6) is 0 Å². The molecule has 180 valence electrons. The molecule has 0 fully saturated rings. The van der Waals surface area contributed by atoms with Crippen molar-refractivity contribution in [3.8, 4) is 0 Å². The van der Waals surface area contributed by atoms with Crippen molar-refractivity contribution in [2.75, 3.05) is 10.2 Å². The fraction of sp³-hybridized carbons (Fsp3) is 0.0968. The van der Waals surface area contributed by atoms with Gasteiger partial charge < -0.3 is 10.2 Å². The van der Waals surface area contributed by atoms with Crippen molar-refractivity contribution in [1.29, 1.82) is 0 Å². The maximum absolute atomic E-state index is 13.8. The molecule has 0 unspecified atom stereocenters. The van der Waals surface area contributed by atoms with Crippen molar-refractivity contribution in [2.45, 2.75) is 19.9 Å². The second-order valence-corrected chi connectivity index (χ2v) is 8.56. The van der Waals surface area contributed by atoms with Gasteiger partial charge in [-0.05, 0) is 71.7 Å². The molecular weight excluding hydrogens is 451 g/mol. The molecule has 4 aromatic rings. The zero-order chi connectivity index (χ0) is 25.3. The maximum Gasteiger partial charge on any atom is 0.251 e. The lowest BCUT2D eigenvalue weighted by atomic mass is 10.1. The van der Waals surface area contributed by atoms with E-state index >= 15 is 0 Å². The lowest BCUT2D eigenvalue weighted by molar-refractivity contribution is -0.116. The van der Waals surface area contributed by atoms with Gasteiger partial charge in [0, 0.05) is 17.5 Å². The highest BCUT2D eigenvalue weighted by Crippen LogP contribution is 2.21. The van der Waals surface area contributed by atoms with Crippen molar-refractivity contribution < 1.29 is 14.0 Å². The molecule has 0 heterocycles. The molecule has 0 aliphatic heterocycles. The molecule has 0 saturated carbocycles. The summed E-state index contributed by atoms with van der Waals surface area (Å²) < 4.78 is 13.8. The van der Waals surface area contributed by atoms with Gasteiger partial charge in [0.1, 0.15) is 5.82 Å². The first-order valence-electron chi connectivity index (χ1n) is 11.7. The molecule has 2 amide bonds. The minimum absolute atomic E-state index is 0.119. The lowest BCUT2D eigenvalue weighted by Crippen LogP contribution is -2.28. The van der Waals surface area contributed by atoms with Gasteiger partial charge in [0.25, 0.3) is 5.91 Å². The van der Waals surface area contributed by atoms with E-state index in [2.05, 4.69) is 5.32 Å². The number of nitrogens with zero attached hydrogens (tertiary/aromatic N) is 1. The van der Waals surface area contributed by atoms with Gasteiger partial charge in [0.05, 0.1) is 13.0 Å². The number of hydrogen-bond acceptors (Lipinski definition) is 2. The van der Waals surface area contributed by atoms with Crippen LogP contribution >= 0.6 is 0 Å². The van der Waals surface area contributed by atoms with Crippen LogP contribution in [0.3, 0.4) is 0 Å². The Morgan fingerprint density at radius 1 is 0.833 bits per heavy atom. The van der Waals surface area contributed by atoms with Crippen molar-refractivity contribution in [1.82, 2.24) is 0 Å². The molecular formula is C31H27FN2O2. The Morgan fingerprint density at radius 3 is 2.31 bits per heavy atom. The van der Waals surface area contributed by atoms with E-state index in [1.165, 1.54) is 18.2 Å². The SMILES string of the molecule is Cc1cccc(NC(=O)Cc2ccc(N(Cc3cccc(F)c3)C(=O)/C=C/c3ccccc3)cc2)c1. The van der Waals surface area contributed by atoms with Crippen molar-refractivity contribution in [3.05, 3.63) is 137 Å². The molecule has 4 nitrogen and oxygen atoms in total. The van der Waals surface area contributed by atoms with Crippen LogP contribution in [0.2, 0.25) is 0 Å². The monoisotopic (exact) mass is 478 g/mol. The number of anilines is 2. The van der Waals surface area contributed by atoms with Gasteiger partial charge >= 0.3 is 0 Å². The standard InChI is InChI=1S/C31H27FN2O2/c1-23-7-5-12-28(19-23)33-30(35)21-25-13-16-29(17-14-25)34(22-26-10-6-11-27(32)20-26)31(36)18-15-24-8-3-2-4-9-24/h2-20H,21-22H2,1H3,(H,33,35)/b18-15+. The van der Waals surface area contributed by atoms with E-state index < -0.39 is 0 Å². The fourth-order valence-electron chi connectivity index (χ4n) is 3.84. The van der Waals surface area contributed by atoms with E-state index in [1.807, 2.05) is 85.8 Å². The second kappa shape index (κ2) is 11.8. The summed E-state index contributed by atoms with van der Waals surface area (Å²) in [6, 6.07) is 30.7. The molecule has 36 heavy (non-hydrogen) atoms. The Labute approximate surface area is 210 Å². The van der Waals surface area contributed by atoms with E-state index in [4.69, 9.17) is 0 Å². The Bertz CT molecular complexity index is 1360. The molecule has 0 aliphatic rings. The largest absolute Gasteiger partial charge is 0.326 e. The number of hydrogen-bond donors (Lipinski definition) is 1. The highest BCUT2D eigenvalue weighted by Gasteiger charge is 2.15. The lowest BCUT2D eigenvalue weighted by Gasteiger charge is -2.22. The van der Waals surface area contributed by atoms with Crippen LogP contribution in [-0.2, 0) is 22.6 Å². The Hall–Kier alpha value is -4.51. The zero-order valence-electron chi connectivity index (χ0n) is 20.0. The fourth-order valence-corrected chi connectivity index (χ4v) is 3.84. The van der Waals surface area contributed by atoms with Crippen LogP contribution < -0.4 is 10.2 Å². The average molecular weight is 479 g/mol. The average Bonchev–Trinajstić information content (AvgIpc) is 2.87. The minimum Gasteiger partial charge on any atom is -0.326 e. The Balaban J connectivity index is 1.50. The minimum atomic E-state index is -0.352. The summed E-state index contributed by atoms with van der Waals surface area (Å²) in [5.41, 5.74) is 4.89. The number of amides is 2. The van der Waals surface area contributed by atoms with Crippen LogP contribution in [0.25, 0.3) is 6.08 Å². The van der Waals surface area contributed by atoms with Crippen LogP contribution in [0, 0.1) is 12.7 Å². The smallest absolute Gasteiger partial charge is 0.251 e. The van der Waals surface area contributed by atoms with E-state index in [1.54, 1.807) is 23.1 Å². The summed E-state index contributed by atoms with van der Waals surface area (Å²) in [6.07, 6.45) is 3.47. The summed E-state index contributed by atoms with van der Waals surface area (Å²) in [5.74, 6) is -0.699. The molecule has 0 radical (unpaired) electrons. The number of aryl methyl sites for hydroxylation is 1. The second-order valence-electron chi connectivity index (χ2n) is 8.56. The van der Waals surface area contributed by atoms with Crippen LogP contribution in [0.1, 0.15) is 22.3 Å². The molecule has 5 heteroatoms. The predicted molar refractivity (Wildman–Crippen MR) is 143 cm³/mol. The molecule has 4 rings (SSSR count). The Kier molecular flexibility index (Phi) is 8.04. The number of carbonyl (C=O) groups excluding carboxylic acids is 2. The molecule has 0 spiro atoms. The summed E-state index contributed by atoms with van der Waals surface area (Å²) in [4.78, 5) is 27.3. The number of halogens is 1. The topological polar surface area (TPSA) is 49.4 Å². The predicted octanol–water partition coefficient (Wildman–Crippen LogP) is 6.56. The summed E-state index contributed by atoms with van der Waals surface area (Å²) >= 11 is 0. The van der Waals surface area contributed by atoms with Gasteiger partial charge in [0.15, 0.2) is 0 Å². The molecule has 1 N–H and O–H groups in total. The van der Waals surface area contributed by atoms with Gasteiger partial charge in [-0.15, -0.1) is 0 Å². The van der Waals surface area contributed by atoms with Crippen molar-refractivity contribution in [3.63, 3.8) is 0 Å². The molecule has 0 aliphatic carbocycles. The van der Waals surface area contributed by atoms with Crippen LogP contribution in [-0.4, -0.2) is 11.8 Å². The summed E-state index contributed by atoms with van der Waals surface area (Å²) in [5, 5.41) is 2.91. The third-order valence-corrected chi connectivity index (χ3v) is 5.63. The maximum atomic E-state index is 13.8. The number of carbonyl (C=O) groups is 2. The number of rotatable bonds is 8. The summed E-state index contributed by atoms with van der Waals surface area (Å²) in [7, 11) is 0. The molecule has 0 aromatic heterocycles. The van der Waals surface area contributed by atoms with Gasteiger partial charge in [-0.1, -0.05) is 66.7 Å². The van der Waals surface area contributed by atoms with Gasteiger partial charge in [-0.3, -0.25) is 9.59 Å². The van der Waals surface area contributed by atoms with E-state index in [9.17, 15) is 14.0 Å². The van der Waals surface area contributed by atoms with Gasteiger partial charge in [0.2, 0.25) is 5.91 Å². The first-order chi connectivity index (χ1) is 17.5. The van der Waals surface area contributed by atoms with Crippen molar-refractivity contribution in [2.24, 2.45) is 0 Å². The van der Waals surface area contributed by atoms with Crippen molar-refractivity contribution >= 4 is 29.3 Å². The first kappa shape index (κ1) is 24.6. The van der Waals surface area contributed by atoms with E-state index in [0.717, 1.165) is 22.4 Å². The zero-order valence-corrected chi connectivity index (χ0v) is 20.0. The number of nitrogens with one attached hydrogen (secondary N) is 1. The normalized spacial score (nSPS) is 10.8. The van der Waals surface area contributed by atoms with Crippen LogP contribution in [0.15, 0.2) is 109 Å². The van der Waals surface area contributed by atoms with Gasteiger partial charge in [-0.25, -0.2) is 4.39 Å². The highest BCUT2D eigenvalue weighted by molar-refractivity contribution is 6.03. The summed E-state index contributed by atoms with van der Waals surface area (Å²) in [6.45, 7) is 2.18. The Morgan fingerprint density at radius 2 is 1.58 bits per heavy atom. The third-order valence-electron chi connectivity index (χ3n) is 5.63. The van der Waals surface area contributed by atoms with E-state index in [0.29, 0.717) is 11.3 Å². The molecule has 0 bridgehead atoms. The number of benzene rings is 4. The first-order valence-corrected chi connectivity index (χ1v) is 11.7. The van der Waals surface area contributed by atoms with Crippen LogP contribution in [0.4, 0.5) is 15.8 Å². The molecule has 0 atom stereocenters. The van der Waals surface area contributed by atoms with E-state index in [-0.39, 0.29) is 30.6 Å². The third kappa shape index (κ3) is 7.00. The quantitative estimate of drug-likeness (QED) is 0.292. The highest BCUT2D eigenvalue weighted by atomic mass is 19.1. The van der Waals surface area contributed by atoms with Gasteiger partial charge in [-0.2, -0.15) is 0 Å².